The van der Waals surface area contributed by atoms with Crippen molar-refractivity contribution in [3.8, 4) is 134 Å². The minimum Gasteiger partial charge on any atom is -0.310 e. The van der Waals surface area contributed by atoms with Gasteiger partial charge in [0.15, 0.2) is 0 Å². The molecule has 2 heteroatoms. The molecule has 0 radical (unpaired) electrons. The van der Waals surface area contributed by atoms with Crippen LogP contribution in [-0.2, 0) is 0 Å². The lowest BCUT2D eigenvalue weighted by atomic mass is 9.91. The molecule has 0 atom stereocenters. The smallest absolute Gasteiger partial charge is 0.0468 e. The molecule has 0 fully saturated rings. The third-order valence-corrected chi connectivity index (χ3v) is 23.9. The number of anilines is 6. The summed E-state index contributed by atoms with van der Waals surface area (Å²) in [6.07, 6.45) is 0. The molecule has 2 nitrogen and oxygen atoms in total. The topological polar surface area (TPSA) is 6.48 Å². The van der Waals surface area contributed by atoms with E-state index in [-0.39, 0.29) is 0 Å². The van der Waals surface area contributed by atoms with Gasteiger partial charge in [-0.3, -0.25) is 0 Å². The van der Waals surface area contributed by atoms with Crippen LogP contribution in [0.1, 0.15) is 0 Å². The molecule has 21 rings (SSSR count). The Kier molecular flexibility index (Phi) is 19.1. The first-order chi connectivity index (χ1) is 59.5. The Morgan fingerprint density at radius 2 is 0.367 bits per heavy atom. The van der Waals surface area contributed by atoms with Crippen LogP contribution in [0.3, 0.4) is 0 Å². The molecule has 21 aromatic carbocycles. The quantitative estimate of drug-likeness (QED) is 0.0790. The molecule has 0 aromatic heterocycles. The first-order valence-electron chi connectivity index (χ1n) is 41.3. The van der Waals surface area contributed by atoms with E-state index in [9.17, 15) is 0 Å². The van der Waals surface area contributed by atoms with E-state index in [0.29, 0.717) is 0 Å². The van der Waals surface area contributed by atoms with Crippen LogP contribution in [0.25, 0.3) is 177 Å². The fourth-order valence-corrected chi connectivity index (χ4v) is 18.0. The summed E-state index contributed by atoms with van der Waals surface area (Å²) in [6.45, 7) is 0. The number of rotatable bonds is 18. The van der Waals surface area contributed by atoms with Gasteiger partial charge in [0.25, 0.3) is 0 Å². The molecule has 0 saturated carbocycles. The first-order valence-corrected chi connectivity index (χ1v) is 41.3. The fourth-order valence-electron chi connectivity index (χ4n) is 18.0. The average molecular weight is 1530 g/mol. The fraction of sp³-hybridized carbons (Fsp3) is 0. The van der Waals surface area contributed by atoms with Crippen molar-refractivity contribution in [3.63, 3.8) is 0 Å². The highest BCUT2D eigenvalue weighted by Gasteiger charge is 2.23. The molecule has 0 N–H and O–H groups in total. The van der Waals surface area contributed by atoms with Crippen LogP contribution in [0, 0.1) is 0 Å². The number of benzene rings is 21. The van der Waals surface area contributed by atoms with Gasteiger partial charge in [0.05, 0.1) is 0 Å². The van der Waals surface area contributed by atoms with E-state index < -0.39 is 0 Å². The summed E-state index contributed by atoms with van der Waals surface area (Å²) in [5, 5.41) is 9.79. The zero-order chi connectivity index (χ0) is 79.7. The van der Waals surface area contributed by atoms with Crippen molar-refractivity contribution in [1.29, 1.82) is 0 Å². The van der Waals surface area contributed by atoms with Crippen molar-refractivity contribution < 1.29 is 0 Å². The minimum absolute atomic E-state index is 1.05. The second kappa shape index (κ2) is 31.8. The summed E-state index contributed by atoms with van der Waals surface area (Å²) in [7, 11) is 0. The molecular formula is C118H80N2. The van der Waals surface area contributed by atoms with Gasteiger partial charge in [0, 0.05) is 34.1 Å². The number of hydrogen-bond donors (Lipinski definition) is 0. The van der Waals surface area contributed by atoms with Crippen molar-refractivity contribution in [3.05, 3.63) is 485 Å². The van der Waals surface area contributed by atoms with E-state index in [4.69, 9.17) is 0 Å². The summed E-state index contributed by atoms with van der Waals surface area (Å²) in [4.78, 5) is 4.86. The first kappa shape index (κ1) is 72.0. The maximum atomic E-state index is 2.44. The van der Waals surface area contributed by atoms with Crippen LogP contribution in [0.2, 0.25) is 0 Å². The Bertz CT molecular complexity index is 7360. The van der Waals surface area contributed by atoms with E-state index in [1.165, 1.54) is 104 Å². The van der Waals surface area contributed by atoms with Gasteiger partial charge in [-0.2, -0.15) is 0 Å². The van der Waals surface area contributed by atoms with E-state index in [1.54, 1.807) is 0 Å². The highest BCUT2D eigenvalue weighted by Crippen LogP contribution is 2.48. The standard InChI is InChI=1S/C118H80N2/c1-6-28-83(29-7-1)103-47-18-20-50-106(103)93-39-22-43-98(74-93)119(97-67-62-82(63-68-97)92-66-70-110(84-30-8-2-9-31-84)116(78-92)86-34-12-4-13-35-86)99-44-24-41-95(76-99)109-53-27-55-113-115(109)72-65-90-60-61-91(79-117(90)113)81-56-58-89(59-57-81)104-48-19-21-51-107(104)94-40-23-45-100(75-94)120(102-69-73-111(85-32-10-3-11-33-85)118(80-102)87-36-14-5-15-37-87)101-46-25-42-96(77-101)108-52-26-54-112-105-49-17-16-38-88(105)64-71-114(108)112/h1-80H. The predicted octanol–water partition coefficient (Wildman–Crippen LogP) is 33.2. The van der Waals surface area contributed by atoms with Crippen LogP contribution in [-0.4, -0.2) is 0 Å². The summed E-state index contributed by atoms with van der Waals surface area (Å²) < 4.78 is 0. The van der Waals surface area contributed by atoms with Crippen molar-refractivity contribution in [1.82, 2.24) is 0 Å². The van der Waals surface area contributed by atoms with Crippen LogP contribution in [0.5, 0.6) is 0 Å². The SMILES string of the molecule is c1ccc(-c2ccccc2-c2cccc(N(c3ccc(-c4ccc(-c5ccccc5)c(-c5ccccc5)c4)cc3)c3cccc(-c4cccc5c4ccc4ccc(-c6ccc(-c7ccccc7-c7cccc(N(c8cccc(-c9cccc%10c9ccc9ccccc9%10)c8)c8ccc(-c9ccccc9)c(-c9ccccc9)c8)c7)cc6)cc45)c3)c2)cc1. The number of fused-ring (bicyclic) bond motifs is 6. The Morgan fingerprint density at radius 1 is 0.100 bits per heavy atom. The Balaban J connectivity index is 0.616. The Labute approximate surface area is 701 Å². The van der Waals surface area contributed by atoms with E-state index in [2.05, 4.69) is 495 Å². The molecule has 0 heterocycles. The summed E-state index contributed by atoms with van der Waals surface area (Å²) in [5.41, 5.74) is 34.4. The van der Waals surface area contributed by atoms with Gasteiger partial charge in [-0.15, -0.1) is 0 Å². The highest BCUT2D eigenvalue weighted by atomic mass is 15.1. The van der Waals surface area contributed by atoms with Crippen molar-refractivity contribution in [2.75, 3.05) is 9.80 Å². The highest BCUT2D eigenvalue weighted by molar-refractivity contribution is 6.14. The van der Waals surface area contributed by atoms with Crippen LogP contribution >= 0.6 is 0 Å². The number of hydrogen-bond acceptors (Lipinski definition) is 2. The molecule has 562 valence electrons. The van der Waals surface area contributed by atoms with Gasteiger partial charge in [-0.25, -0.2) is 0 Å². The molecule has 0 unspecified atom stereocenters. The normalized spacial score (nSPS) is 11.3. The zero-order valence-electron chi connectivity index (χ0n) is 66.1. The number of nitrogens with zero attached hydrogens (tertiary/aromatic N) is 2. The predicted molar refractivity (Wildman–Crippen MR) is 511 cm³/mol. The Morgan fingerprint density at radius 3 is 0.842 bits per heavy atom. The molecule has 120 heavy (non-hydrogen) atoms. The summed E-state index contributed by atoms with van der Waals surface area (Å²) in [5.74, 6) is 0. The largest absolute Gasteiger partial charge is 0.310 e. The van der Waals surface area contributed by atoms with E-state index >= 15 is 0 Å². The third kappa shape index (κ3) is 13.9. The Hall–Kier alpha value is -15.7. The molecule has 0 aliphatic rings. The minimum atomic E-state index is 1.05. The lowest BCUT2D eigenvalue weighted by Gasteiger charge is -2.28. The van der Waals surface area contributed by atoms with Gasteiger partial charge in [-0.1, -0.05) is 400 Å². The van der Waals surface area contributed by atoms with Crippen molar-refractivity contribution in [2.45, 2.75) is 0 Å². The van der Waals surface area contributed by atoms with Gasteiger partial charge < -0.3 is 9.80 Å². The maximum Gasteiger partial charge on any atom is 0.0468 e. The molecular weight excluding hydrogens is 1450 g/mol. The molecule has 0 bridgehead atoms. The van der Waals surface area contributed by atoms with Crippen LogP contribution < -0.4 is 9.80 Å². The zero-order valence-corrected chi connectivity index (χ0v) is 66.1. The average Bonchev–Trinajstić information content (AvgIpc) is 0.628. The molecule has 0 spiro atoms. The maximum absolute atomic E-state index is 2.44. The summed E-state index contributed by atoms with van der Waals surface area (Å²) >= 11 is 0. The van der Waals surface area contributed by atoms with Gasteiger partial charge in [-0.05, 0) is 262 Å². The van der Waals surface area contributed by atoms with Gasteiger partial charge >= 0.3 is 0 Å². The lowest BCUT2D eigenvalue weighted by molar-refractivity contribution is 1.28. The second-order valence-corrected chi connectivity index (χ2v) is 31.0. The van der Waals surface area contributed by atoms with Crippen molar-refractivity contribution >= 4 is 77.2 Å². The third-order valence-electron chi connectivity index (χ3n) is 23.9. The molecule has 0 saturated heterocycles. The second-order valence-electron chi connectivity index (χ2n) is 31.0. The lowest BCUT2D eigenvalue weighted by Crippen LogP contribution is -2.10. The molecule has 21 aromatic rings. The van der Waals surface area contributed by atoms with E-state index in [0.717, 1.165) is 106 Å². The summed E-state index contributed by atoms with van der Waals surface area (Å²) in [6, 6.07) is 178. The van der Waals surface area contributed by atoms with Crippen LogP contribution in [0.4, 0.5) is 34.1 Å². The molecule has 0 aliphatic heterocycles. The molecule has 0 amide bonds. The van der Waals surface area contributed by atoms with E-state index in [1.807, 2.05) is 0 Å². The van der Waals surface area contributed by atoms with Gasteiger partial charge in [0.2, 0.25) is 0 Å². The van der Waals surface area contributed by atoms with Crippen LogP contribution in [0.15, 0.2) is 485 Å². The monoisotopic (exact) mass is 1520 g/mol. The molecule has 0 aliphatic carbocycles. The van der Waals surface area contributed by atoms with Crippen molar-refractivity contribution in [2.24, 2.45) is 0 Å². The van der Waals surface area contributed by atoms with Gasteiger partial charge in [0.1, 0.15) is 0 Å².